The summed E-state index contributed by atoms with van der Waals surface area (Å²) in [7, 11) is 0. The monoisotopic (exact) mass is 410 g/mol. The first-order valence-corrected chi connectivity index (χ1v) is 10.7. The minimum Gasteiger partial charge on any atom is -0.315 e. The highest BCUT2D eigenvalue weighted by Crippen LogP contribution is 2.35. The van der Waals surface area contributed by atoms with Gasteiger partial charge in [-0.15, -0.1) is 0 Å². The van der Waals surface area contributed by atoms with Crippen LogP contribution in [0.3, 0.4) is 0 Å². The lowest BCUT2D eigenvalue weighted by molar-refractivity contribution is -0.136. The largest absolute Gasteiger partial charge is 0.315 e. The molecule has 4 aliphatic heterocycles. The van der Waals surface area contributed by atoms with Crippen LogP contribution in [0.2, 0.25) is 0 Å². The van der Waals surface area contributed by atoms with Gasteiger partial charge in [0, 0.05) is 38.0 Å². The second-order valence-corrected chi connectivity index (χ2v) is 9.06. The predicted octanol–water partition coefficient (Wildman–Crippen LogP) is 0.663. The molecule has 8 nitrogen and oxygen atoms in total. The fourth-order valence-corrected chi connectivity index (χ4v) is 5.33. The SMILES string of the molecule is O=C1CCC(N2C(=O)c3cccc(CN4CCCCC5(CNC5)C4)c3C2=O)C(=O)N1. The molecule has 1 aromatic carbocycles. The van der Waals surface area contributed by atoms with Crippen LogP contribution >= 0.6 is 0 Å². The number of imide groups is 2. The molecule has 0 bridgehead atoms. The van der Waals surface area contributed by atoms with Crippen LogP contribution in [-0.2, 0) is 16.1 Å². The smallest absolute Gasteiger partial charge is 0.262 e. The zero-order valence-electron chi connectivity index (χ0n) is 16.9. The van der Waals surface area contributed by atoms with Crippen LogP contribution in [0.25, 0.3) is 0 Å². The van der Waals surface area contributed by atoms with E-state index in [1.165, 1.54) is 12.8 Å². The van der Waals surface area contributed by atoms with E-state index in [0.29, 0.717) is 23.1 Å². The summed E-state index contributed by atoms with van der Waals surface area (Å²) in [4.78, 5) is 53.5. The third-order valence-corrected chi connectivity index (χ3v) is 6.94. The predicted molar refractivity (Wildman–Crippen MR) is 108 cm³/mol. The molecule has 4 heterocycles. The van der Waals surface area contributed by atoms with Gasteiger partial charge in [-0.3, -0.25) is 34.3 Å². The molecule has 3 fully saturated rings. The van der Waals surface area contributed by atoms with Crippen molar-refractivity contribution in [2.45, 2.75) is 44.7 Å². The number of carbonyl (C=O) groups excluding carboxylic acids is 4. The number of likely N-dealkylation sites (tertiary alicyclic amines) is 1. The Balaban J connectivity index is 1.41. The highest BCUT2D eigenvalue weighted by molar-refractivity contribution is 6.24. The molecular formula is C22H26N4O4. The van der Waals surface area contributed by atoms with Gasteiger partial charge in [-0.25, -0.2) is 0 Å². The molecule has 0 saturated carbocycles. The van der Waals surface area contributed by atoms with Crippen molar-refractivity contribution in [2.75, 3.05) is 26.2 Å². The molecule has 2 N–H and O–H groups in total. The summed E-state index contributed by atoms with van der Waals surface area (Å²) in [6, 6.07) is 4.45. The van der Waals surface area contributed by atoms with E-state index in [1.807, 2.05) is 12.1 Å². The molecule has 30 heavy (non-hydrogen) atoms. The minimum atomic E-state index is -0.926. The molecule has 4 amide bonds. The second-order valence-electron chi connectivity index (χ2n) is 9.06. The Hall–Kier alpha value is -2.58. The molecule has 8 heteroatoms. The van der Waals surface area contributed by atoms with Crippen molar-refractivity contribution >= 4 is 23.6 Å². The van der Waals surface area contributed by atoms with Crippen LogP contribution in [0.1, 0.15) is 58.4 Å². The second kappa shape index (κ2) is 7.28. The van der Waals surface area contributed by atoms with Crippen LogP contribution in [0.15, 0.2) is 18.2 Å². The van der Waals surface area contributed by atoms with E-state index in [2.05, 4.69) is 15.5 Å². The number of nitrogens with one attached hydrogen (secondary N) is 2. The van der Waals surface area contributed by atoms with E-state index in [1.54, 1.807) is 6.07 Å². The summed E-state index contributed by atoms with van der Waals surface area (Å²) in [5.41, 5.74) is 1.94. The Morgan fingerprint density at radius 1 is 1.07 bits per heavy atom. The number of fused-ring (bicyclic) bond motifs is 1. The molecule has 1 aromatic rings. The fourth-order valence-electron chi connectivity index (χ4n) is 5.33. The normalized spacial score (nSPS) is 26.4. The Labute approximate surface area is 175 Å². The van der Waals surface area contributed by atoms with Gasteiger partial charge in [0.15, 0.2) is 0 Å². The standard InChI is InChI=1S/C22H26N4O4/c27-17-7-6-16(19(28)24-17)26-20(29)15-5-3-4-14(18(15)21(26)30)10-25-9-2-1-8-22(13-25)11-23-12-22/h3-5,16,23H,1-2,6-13H2,(H,24,27,28). The number of piperidine rings is 1. The summed E-state index contributed by atoms with van der Waals surface area (Å²) >= 11 is 0. The van der Waals surface area contributed by atoms with Gasteiger partial charge in [-0.05, 0) is 37.4 Å². The maximum atomic E-state index is 13.3. The summed E-state index contributed by atoms with van der Waals surface area (Å²) in [5, 5.41) is 5.64. The van der Waals surface area contributed by atoms with Gasteiger partial charge in [0.1, 0.15) is 6.04 Å². The van der Waals surface area contributed by atoms with E-state index in [4.69, 9.17) is 0 Å². The molecule has 5 rings (SSSR count). The maximum absolute atomic E-state index is 13.3. The van der Waals surface area contributed by atoms with Crippen LogP contribution in [0.5, 0.6) is 0 Å². The quantitative estimate of drug-likeness (QED) is 0.711. The van der Waals surface area contributed by atoms with Gasteiger partial charge in [-0.1, -0.05) is 18.6 Å². The molecule has 1 unspecified atom stereocenters. The molecule has 1 spiro atoms. The van der Waals surface area contributed by atoms with Crippen LogP contribution in [0, 0.1) is 5.41 Å². The zero-order valence-corrected chi connectivity index (χ0v) is 16.9. The van der Waals surface area contributed by atoms with Gasteiger partial charge < -0.3 is 5.32 Å². The number of hydrogen-bond acceptors (Lipinski definition) is 6. The molecule has 0 aromatic heterocycles. The van der Waals surface area contributed by atoms with Crippen molar-refractivity contribution in [1.82, 2.24) is 20.4 Å². The van der Waals surface area contributed by atoms with E-state index in [-0.39, 0.29) is 18.7 Å². The number of carbonyl (C=O) groups is 4. The molecule has 0 aliphatic carbocycles. The number of hydrogen-bond donors (Lipinski definition) is 2. The maximum Gasteiger partial charge on any atom is 0.262 e. The first kappa shape index (κ1) is 19.4. The first-order valence-electron chi connectivity index (χ1n) is 10.7. The van der Waals surface area contributed by atoms with Crippen molar-refractivity contribution in [2.24, 2.45) is 5.41 Å². The minimum absolute atomic E-state index is 0.126. The third kappa shape index (κ3) is 3.15. The van der Waals surface area contributed by atoms with Gasteiger partial charge >= 0.3 is 0 Å². The van der Waals surface area contributed by atoms with E-state index < -0.39 is 23.8 Å². The van der Waals surface area contributed by atoms with Crippen molar-refractivity contribution in [1.29, 1.82) is 0 Å². The van der Waals surface area contributed by atoms with Crippen LogP contribution in [-0.4, -0.2) is 65.6 Å². The average Bonchev–Trinajstić information content (AvgIpc) is 2.84. The molecular weight excluding hydrogens is 384 g/mol. The molecule has 4 aliphatic rings. The topological polar surface area (TPSA) is 98.8 Å². The fraction of sp³-hybridized carbons (Fsp3) is 0.545. The van der Waals surface area contributed by atoms with Crippen molar-refractivity contribution in [3.63, 3.8) is 0 Å². The van der Waals surface area contributed by atoms with Crippen LogP contribution in [0.4, 0.5) is 0 Å². The van der Waals surface area contributed by atoms with E-state index in [9.17, 15) is 19.2 Å². The van der Waals surface area contributed by atoms with Gasteiger partial charge in [-0.2, -0.15) is 0 Å². The van der Waals surface area contributed by atoms with E-state index >= 15 is 0 Å². The highest BCUT2D eigenvalue weighted by atomic mass is 16.2. The Kier molecular flexibility index (Phi) is 4.71. The Bertz CT molecular complexity index is 939. The average molecular weight is 410 g/mol. The number of amides is 4. The molecule has 0 radical (unpaired) electrons. The summed E-state index contributed by atoms with van der Waals surface area (Å²) < 4.78 is 0. The Morgan fingerprint density at radius 3 is 2.63 bits per heavy atom. The lowest BCUT2D eigenvalue weighted by Crippen LogP contribution is -2.58. The highest BCUT2D eigenvalue weighted by Gasteiger charge is 2.46. The number of nitrogens with zero attached hydrogens (tertiary/aromatic N) is 2. The molecule has 3 saturated heterocycles. The van der Waals surface area contributed by atoms with Crippen LogP contribution < -0.4 is 10.6 Å². The van der Waals surface area contributed by atoms with Crippen molar-refractivity contribution < 1.29 is 19.2 Å². The first-order chi connectivity index (χ1) is 14.5. The summed E-state index contributed by atoms with van der Waals surface area (Å²) in [6.45, 7) is 4.66. The molecule has 1 atom stereocenters. The lowest BCUT2D eigenvalue weighted by Gasteiger charge is -2.44. The lowest BCUT2D eigenvalue weighted by atomic mass is 9.77. The molecule has 158 valence electrons. The van der Waals surface area contributed by atoms with Crippen molar-refractivity contribution in [3.8, 4) is 0 Å². The number of rotatable bonds is 3. The van der Waals surface area contributed by atoms with Gasteiger partial charge in [0.05, 0.1) is 11.1 Å². The summed E-state index contributed by atoms with van der Waals surface area (Å²) in [5.74, 6) is -1.81. The Morgan fingerprint density at radius 2 is 1.90 bits per heavy atom. The van der Waals surface area contributed by atoms with E-state index in [0.717, 1.165) is 43.1 Å². The third-order valence-electron chi connectivity index (χ3n) is 6.94. The van der Waals surface area contributed by atoms with Gasteiger partial charge in [0.25, 0.3) is 11.8 Å². The van der Waals surface area contributed by atoms with Gasteiger partial charge in [0.2, 0.25) is 11.8 Å². The zero-order chi connectivity index (χ0) is 20.9. The summed E-state index contributed by atoms with van der Waals surface area (Å²) in [6.07, 6.45) is 3.87. The number of benzene rings is 1. The van der Waals surface area contributed by atoms with Crippen molar-refractivity contribution in [3.05, 3.63) is 34.9 Å².